The van der Waals surface area contributed by atoms with Crippen LogP contribution < -0.4 is 10.6 Å². The summed E-state index contributed by atoms with van der Waals surface area (Å²) in [6.07, 6.45) is 1.18. The van der Waals surface area contributed by atoms with Gasteiger partial charge < -0.3 is 15.4 Å². The molecule has 1 fully saturated rings. The van der Waals surface area contributed by atoms with Gasteiger partial charge >= 0.3 is 0 Å². The number of carbonyl (C=O) groups excluding carboxylic acids is 1. The van der Waals surface area contributed by atoms with Crippen LogP contribution in [0.15, 0.2) is 0 Å². The van der Waals surface area contributed by atoms with Crippen molar-refractivity contribution in [3.63, 3.8) is 0 Å². The molecule has 1 rings (SSSR count). The number of amides is 1. The summed E-state index contributed by atoms with van der Waals surface area (Å²) >= 11 is 0. The molecule has 0 aromatic carbocycles. The topological polar surface area (TPSA) is 50.4 Å². The van der Waals surface area contributed by atoms with Crippen molar-refractivity contribution >= 4 is 5.91 Å². The summed E-state index contributed by atoms with van der Waals surface area (Å²) in [7, 11) is 1.73. The highest BCUT2D eigenvalue weighted by molar-refractivity contribution is 5.78. The minimum absolute atomic E-state index is 0.0522. The van der Waals surface area contributed by atoms with E-state index < -0.39 is 0 Å². The first-order valence-electron chi connectivity index (χ1n) is 5.55. The van der Waals surface area contributed by atoms with Gasteiger partial charge in [0.15, 0.2) is 0 Å². The fraction of sp³-hybridized carbons (Fsp3) is 0.909. The molecular weight excluding hydrogens is 192 g/mol. The molecule has 4 nitrogen and oxygen atoms in total. The van der Waals surface area contributed by atoms with Gasteiger partial charge in [-0.05, 0) is 13.0 Å². The van der Waals surface area contributed by atoms with E-state index in [1.54, 1.807) is 7.11 Å². The highest BCUT2D eigenvalue weighted by Gasteiger charge is 2.49. The Balaban J connectivity index is 2.32. The van der Waals surface area contributed by atoms with Crippen LogP contribution in [0.4, 0.5) is 0 Å². The van der Waals surface area contributed by atoms with Crippen LogP contribution in [-0.4, -0.2) is 38.3 Å². The molecule has 1 amide bonds. The molecule has 1 saturated carbocycles. The molecule has 0 spiro atoms. The van der Waals surface area contributed by atoms with Gasteiger partial charge in [0.1, 0.15) is 0 Å². The summed E-state index contributed by atoms with van der Waals surface area (Å²) < 4.78 is 5.33. The third-order valence-electron chi connectivity index (χ3n) is 3.33. The van der Waals surface area contributed by atoms with Gasteiger partial charge in [0.25, 0.3) is 0 Å². The molecule has 0 aliphatic heterocycles. The van der Waals surface area contributed by atoms with E-state index in [-0.39, 0.29) is 23.5 Å². The number of carbonyl (C=O) groups is 1. The number of likely N-dealkylation sites (N-methyl/N-ethyl adjacent to an activating group) is 1. The Kier molecular flexibility index (Phi) is 4.11. The van der Waals surface area contributed by atoms with Crippen LogP contribution in [0, 0.1) is 5.41 Å². The maximum Gasteiger partial charge on any atom is 0.234 e. The van der Waals surface area contributed by atoms with Crippen LogP contribution in [0.3, 0.4) is 0 Å². The van der Waals surface area contributed by atoms with Crippen molar-refractivity contribution in [1.82, 2.24) is 10.6 Å². The van der Waals surface area contributed by atoms with Gasteiger partial charge in [-0.25, -0.2) is 0 Å². The lowest BCUT2D eigenvalue weighted by Crippen LogP contribution is -2.62. The van der Waals surface area contributed by atoms with Crippen LogP contribution in [0.2, 0.25) is 0 Å². The van der Waals surface area contributed by atoms with Crippen LogP contribution >= 0.6 is 0 Å². The van der Waals surface area contributed by atoms with E-state index >= 15 is 0 Å². The van der Waals surface area contributed by atoms with Crippen molar-refractivity contribution < 1.29 is 9.53 Å². The van der Waals surface area contributed by atoms with Gasteiger partial charge in [-0.3, -0.25) is 4.79 Å². The fourth-order valence-electron chi connectivity index (χ4n) is 2.01. The van der Waals surface area contributed by atoms with E-state index in [2.05, 4.69) is 24.5 Å². The normalized spacial score (nSPS) is 28.3. The summed E-state index contributed by atoms with van der Waals surface area (Å²) in [4.78, 5) is 11.5. The van der Waals surface area contributed by atoms with E-state index in [0.29, 0.717) is 6.54 Å². The number of rotatable bonds is 5. The number of hydrogen-bond donors (Lipinski definition) is 2. The lowest BCUT2D eigenvalue weighted by atomic mass is 9.64. The first-order chi connectivity index (χ1) is 7.02. The number of ether oxygens (including phenoxy) is 1. The van der Waals surface area contributed by atoms with Crippen molar-refractivity contribution in [3.8, 4) is 0 Å². The second-order valence-corrected chi connectivity index (χ2v) is 4.68. The van der Waals surface area contributed by atoms with Gasteiger partial charge in [-0.15, -0.1) is 0 Å². The molecule has 2 atom stereocenters. The Morgan fingerprint density at radius 3 is 2.67 bits per heavy atom. The average molecular weight is 214 g/mol. The molecule has 0 radical (unpaired) electrons. The lowest BCUT2D eigenvalue weighted by molar-refractivity contribution is -0.131. The van der Waals surface area contributed by atoms with E-state index in [1.165, 1.54) is 0 Å². The third kappa shape index (κ3) is 2.69. The van der Waals surface area contributed by atoms with Gasteiger partial charge in [0.05, 0.1) is 12.6 Å². The molecular formula is C11H22N2O2. The van der Waals surface area contributed by atoms with Crippen molar-refractivity contribution in [2.24, 2.45) is 5.41 Å². The van der Waals surface area contributed by atoms with Gasteiger partial charge in [-0.2, -0.15) is 0 Å². The van der Waals surface area contributed by atoms with E-state index in [0.717, 1.165) is 13.0 Å². The molecule has 2 N–H and O–H groups in total. The highest BCUT2D eigenvalue weighted by Crippen LogP contribution is 2.42. The molecule has 1 aliphatic carbocycles. The highest BCUT2D eigenvalue weighted by atomic mass is 16.5. The quantitative estimate of drug-likeness (QED) is 0.701. The number of methoxy groups -OCH3 is 1. The minimum Gasteiger partial charge on any atom is -0.381 e. The third-order valence-corrected chi connectivity index (χ3v) is 3.33. The van der Waals surface area contributed by atoms with Crippen LogP contribution in [0.5, 0.6) is 0 Å². The second-order valence-electron chi connectivity index (χ2n) is 4.68. The Morgan fingerprint density at radius 2 is 2.20 bits per heavy atom. The largest absolute Gasteiger partial charge is 0.381 e. The zero-order valence-corrected chi connectivity index (χ0v) is 10.1. The fourth-order valence-corrected chi connectivity index (χ4v) is 2.01. The molecule has 0 bridgehead atoms. The Bertz CT molecular complexity index is 229. The molecule has 0 saturated heterocycles. The molecule has 0 aromatic rings. The predicted molar refractivity (Wildman–Crippen MR) is 59.7 cm³/mol. The molecule has 15 heavy (non-hydrogen) atoms. The smallest absolute Gasteiger partial charge is 0.234 e. The summed E-state index contributed by atoms with van der Waals surface area (Å²) in [5.74, 6) is 0.0736. The van der Waals surface area contributed by atoms with Gasteiger partial charge in [0.2, 0.25) is 5.91 Å². The van der Waals surface area contributed by atoms with Crippen LogP contribution in [0.25, 0.3) is 0 Å². The molecule has 1 aliphatic rings. The Labute approximate surface area is 91.8 Å². The number of hydrogen-bond acceptors (Lipinski definition) is 3. The molecule has 0 aromatic heterocycles. The van der Waals surface area contributed by atoms with E-state index in [1.807, 2.05) is 6.92 Å². The molecule has 4 heteroatoms. The van der Waals surface area contributed by atoms with Crippen molar-refractivity contribution in [1.29, 1.82) is 0 Å². The summed E-state index contributed by atoms with van der Waals surface area (Å²) in [6, 6.07) is 0.244. The van der Waals surface area contributed by atoms with Crippen LogP contribution in [-0.2, 0) is 9.53 Å². The lowest BCUT2D eigenvalue weighted by Gasteiger charge is -2.51. The van der Waals surface area contributed by atoms with E-state index in [4.69, 9.17) is 4.74 Å². The average Bonchev–Trinajstić information content (AvgIpc) is 2.20. The zero-order valence-electron chi connectivity index (χ0n) is 10.1. The molecule has 0 heterocycles. The minimum atomic E-state index is 0.0522. The van der Waals surface area contributed by atoms with Crippen LogP contribution in [0.1, 0.15) is 27.2 Å². The summed E-state index contributed by atoms with van der Waals surface area (Å²) in [5, 5.41) is 6.04. The predicted octanol–water partition coefficient (Wildman–Crippen LogP) is 0.526. The Hall–Kier alpha value is -0.610. The summed E-state index contributed by atoms with van der Waals surface area (Å²) in [5.41, 5.74) is 0.0522. The van der Waals surface area contributed by atoms with Gasteiger partial charge in [-0.1, -0.05) is 20.8 Å². The standard InChI is InChI=1S/C11H22N2O2/c1-5-12-7-10(14)13-8-6-9(15-4)11(8,2)3/h8-9,12H,5-7H2,1-4H3,(H,13,14). The van der Waals surface area contributed by atoms with Crippen molar-refractivity contribution in [2.75, 3.05) is 20.2 Å². The SMILES string of the molecule is CCNCC(=O)NC1CC(OC)C1(C)C. The van der Waals surface area contributed by atoms with Crippen molar-refractivity contribution in [2.45, 2.75) is 39.3 Å². The monoisotopic (exact) mass is 214 g/mol. The van der Waals surface area contributed by atoms with E-state index in [9.17, 15) is 4.79 Å². The zero-order chi connectivity index (χ0) is 11.5. The summed E-state index contributed by atoms with van der Waals surface area (Å²) in [6.45, 7) is 7.47. The first kappa shape index (κ1) is 12.5. The Morgan fingerprint density at radius 1 is 1.53 bits per heavy atom. The first-order valence-corrected chi connectivity index (χ1v) is 5.55. The number of nitrogens with one attached hydrogen (secondary N) is 2. The second kappa shape index (κ2) is 4.94. The maximum absolute atomic E-state index is 11.5. The van der Waals surface area contributed by atoms with Gasteiger partial charge in [0, 0.05) is 18.6 Å². The maximum atomic E-state index is 11.5. The molecule has 88 valence electrons. The van der Waals surface area contributed by atoms with Crippen molar-refractivity contribution in [3.05, 3.63) is 0 Å². The molecule has 2 unspecified atom stereocenters.